The third-order valence-corrected chi connectivity index (χ3v) is 3.26. The Labute approximate surface area is 122 Å². The molecular formula is C16H17NO4. The van der Waals surface area contributed by atoms with E-state index in [-0.39, 0.29) is 17.2 Å². The molecule has 0 unspecified atom stereocenters. The van der Waals surface area contributed by atoms with Gasteiger partial charge >= 0.3 is 5.97 Å². The lowest BCUT2D eigenvalue weighted by Gasteiger charge is -2.16. The fraction of sp³-hybridized carbons (Fsp3) is 0.250. The topological polar surface area (TPSA) is 70.8 Å². The second kappa shape index (κ2) is 5.83. The minimum absolute atomic E-state index is 0.0354. The first-order chi connectivity index (χ1) is 9.93. The highest BCUT2D eigenvalue weighted by molar-refractivity contribution is 6.05. The molecule has 5 heteroatoms. The summed E-state index contributed by atoms with van der Waals surface area (Å²) in [7, 11) is 1.63. The second-order valence-electron chi connectivity index (χ2n) is 4.81. The van der Waals surface area contributed by atoms with E-state index < -0.39 is 5.97 Å². The highest BCUT2D eigenvalue weighted by Gasteiger charge is 2.23. The molecule has 0 bridgehead atoms. The molecule has 1 aromatic carbocycles. The van der Waals surface area contributed by atoms with Gasteiger partial charge in [0.25, 0.3) is 5.91 Å². The molecule has 110 valence electrons. The molecule has 5 nitrogen and oxygen atoms in total. The van der Waals surface area contributed by atoms with Crippen LogP contribution in [-0.2, 0) is 6.42 Å². The minimum Gasteiger partial charge on any atom is -0.478 e. The van der Waals surface area contributed by atoms with E-state index in [1.807, 2.05) is 31.2 Å². The first kappa shape index (κ1) is 14.8. The Hall–Kier alpha value is -2.56. The normalized spacial score (nSPS) is 10.4. The van der Waals surface area contributed by atoms with Gasteiger partial charge in [-0.3, -0.25) is 4.79 Å². The molecular weight excluding hydrogens is 270 g/mol. The summed E-state index contributed by atoms with van der Waals surface area (Å²) in [4.78, 5) is 25.0. The summed E-state index contributed by atoms with van der Waals surface area (Å²) in [5.74, 6) is -1.12. The number of aromatic carboxylic acids is 1. The Morgan fingerprint density at radius 2 is 2.00 bits per heavy atom. The van der Waals surface area contributed by atoms with Crippen molar-refractivity contribution in [2.45, 2.75) is 20.3 Å². The van der Waals surface area contributed by atoms with Gasteiger partial charge in [0.05, 0.1) is 0 Å². The van der Waals surface area contributed by atoms with E-state index in [1.165, 1.54) is 11.0 Å². The van der Waals surface area contributed by atoms with Crippen molar-refractivity contribution in [3.8, 4) is 0 Å². The van der Waals surface area contributed by atoms with E-state index in [9.17, 15) is 9.59 Å². The van der Waals surface area contributed by atoms with Crippen LogP contribution < -0.4 is 4.90 Å². The summed E-state index contributed by atoms with van der Waals surface area (Å²) < 4.78 is 5.39. The lowest BCUT2D eigenvalue weighted by molar-refractivity contribution is 0.0694. The molecule has 0 spiro atoms. The lowest BCUT2D eigenvalue weighted by Crippen LogP contribution is -2.25. The number of carboxylic acid groups (broad SMARTS) is 1. The number of hydrogen-bond acceptors (Lipinski definition) is 3. The summed E-state index contributed by atoms with van der Waals surface area (Å²) in [6, 6.07) is 8.77. The van der Waals surface area contributed by atoms with E-state index in [0.29, 0.717) is 12.2 Å². The number of benzene rings is 1. The van der Waals surface area contributed by atoms with Crippen LogP contribution in [0.15, 0.2) is 34.7 Å². The molecule has 0 saturated carbocycles. The Bertz CT molecular complexity index is 687. The van der Waals surface area contributed by atoms with Crippen molar-refractivity contribution in [1.82, 2.24) is 0 Å². The van der Waals surface area contributed by atoms with Gasteiger partial charge in [-0.1, -0.05) is 19.1 Å². The van der Waals surface area contributed by atoms with Crippen molar-refractivity contribution < 1.29 is 19.1 Å². The van der Waals surface area contributed by atoms with Crippen molar-refractivity contribution in [1.29, 1.82) is 0 Å². The fourth-order valence-corrected chi connectivity index (χ4v) is 2.10. The van der Waals surface area contributed by atoms with E-state index in [2.05, 4.69) is 0 Å². The standard InChI is InChI=1S/C16H17NO4/c1-4-13-12(16(19)20)9-14(21-13)15(18)17(3)11-7-5-6-10(2)8-11/h5-9H,4H2,1-3H3,(H,19,20). The minimum atomic E-state index is -1.09. The number of anilines is 1. The zero-order valence-corrected chi connectivity index (χ0v) is 12.2. The van der Waals surface area contributed by atoms with Gasteiger partial charge in [0.2, 0.25) is 0 Å². The van der Waals surface area contributed by atoms with Gasteiger partial charge in [0, 0.05) is 25.2 Å². The number of rotatable bonds is 4. The van der Waals surface area contributed by atoms with Crippen molar-refractivity contribution in [3.63, 3.8) is 0 Å². The zero-order valence-electron chi connectivity index (χ0n) is 12.2. The molecule has 0 fully saturated rings. The summed E-state index contributed by atoms with van der Waals surface area (Å²) >= 11 is 0. The Kier molecular flexibility index (Phi) is 4.12. The van der Waals surface area contributed by atoms with Crippen LogP contribution in [0.3, 0.4) is 0 Å². The van der Waals surface area contributed by atoms with Gasteiger partial charge in [-0.05, 0) is 24.6 Å². The first-order valence-electron chi connectivity index (χ1n) is 6.64. The summed E-state index contributed by atoms with van der Waals surface area (Å²) in [5.41, 5.74) is 1.80. The van der Waals surface area contributed by atoms with Crippen LogP contribution in [-0.4, -0.2) is 24.0 Å². The molecule has 0 aliphatic rings. The Balaban J connectivity index is 2.33. The second-order valence-corrected chi connectivity index (χ2v) is 4.81. The predicted molar refractivity (Wildman–Crippen MR) is 79.0 cm³/mol. The molecule has 0 radical (unpaired) electrons. The average molecular weight is 287 g/mol. The monoisotopic (exact) mass is 287 g/mol. The number of aryl methyl sites for hydroxylation is 2. The van der Waals surface area contributed by atoms with Crippen LogP contribution in [0.4, 0.5) is 5.69 Å². The lowest BCUT2D eigenvalue weighted by atomic mass is 10.2. The zero-order chi connectivity index (χ0) is 15.6. The Morgan fingerprint density at radius 3 is 2.52 bits per heavy atom. The predicted octanol–water partition coefficient (Wildman–Crippen LogP) is 3.13. The highest BCUT2D eigenvalue weighted by Crippen LogP contribution is 2.21. The molecule has 1 aromatic heterocycles. The van der Waals surface area contributed by atoms with Gasteiger partial charge in [-0.25, -0.2) is 4.79 Å². The summed E-state index contributed by atoms with van der Waals surface area (Å²) in [5, 5.41) is 9.10. The van der Waals surface area contributed by atoms with E-state index in [4.69, 9.17) is 9.52 Å². The molecule has 2 aromatic rings. The van der Waals surface area contributed by atoms with Crippen LogP contribution in [0.25, 0.3) is 0 Å². The quantitative estimate of drug-likeness (QED) is 0.937. The summed E-state index contributed by atoms with van der Waals surface area (Å²) in [6.07, 6.45) is 0.420. The number of hydrogen-bond donors (Lipinski definition) is 1. The molecule has 0 aliphatic carbocycles. The third-order valence-electron chi connectivity index (χ3n) is 3.26. The van der Waals surface area contributed by atoms with Crippen LogP contribution in [0.2, 0.25) is 0 Å². The van der Waals surface area contributed by atoms with Gasteiger partial charge in [0.1, 0.15) is 11.3 Å². The molecule has 2 rings (SSSR count). The summed E-state index contributed by atoms with van der Waals surface area (Å²) in [6.45, 7) is 3.72. The van der Waals surface area contributed by atoms with E-state index in [0.717, 1.165) is 11.3 Å². The number of furan rings is 1. The van der Waals surface area contributed by atoms with Crippen molar-refractivity contribution >= 4 is 17.6 Å². The van der Waals surface area contributed by atoms with Crippen LogP contribution in [0, 0.1) is 6.92 Å². The highest BCUT2D eigenvalue weighted by atomic mass is 16.4. The maximum absolute atomic E-state index is 12.4. The maximum Gasteiger partial charge on any atom is 0.339 e. The Morgan fingerprint density at radius 1 is 1.29 bits per heavy atom. The van der Waals surface area contributed by atoms with E-state index in [1.54, 1.807) is 14.0 Å². The molecule has 1 amide bonds. The molecule has 1 N–H and O–H groups in total. The van der Waals surface area contributed by atoms with Crippen molar-refractivity contribution in [2.75, 3.05) is 11.9 Å². The molecule has 0 aliphatic heterocycles. The average Bonchev–Trinajstić information content (AvgIpc) is 2.90. The fourth-order valence-electron chi connectivity index (χ4n) is 2.10. The van der Waals surface area contributed by atoms with Crippen LogP contribution >= 0.6 is 0 Å². The van der Waals surface area contributed by atoms with Gasteiger partial charge in [-0.2, -0.15) is 0 Å². The number of amides is 1. The van der Waals surface area contributed by atoms with Gasteiger partial charge in [0.15, 0.2) is 5.76 Å². The molecule has 21 heavy (non-hydrogen) atoms. The number of carbonyl (C=O) groups is 2. The van der Waals surface area contributed by atoms with Crippen LogP contribution in [0.5, 0.6) is 0 Å². The smallest absolute Gasteiger partial charge is 0.339 e. The molecule has 0 saturated heterocycles. The van der Waals surface area contributed by atoms with E-state index >= 15 is 0 Å². The van der Waals surface area contributed by atoms with Crippen molar-refractivity contribution in [2.24, 2.45) is 0 Å². The third kappa shape index (κ3) is 2.97. The maximum atomic E-state index is 12.4. The molecule has 1 heterocycles. The van der Waals surface area contributed by atoms with Gasteiger partial charge in [-0.15, -0.1) is 0 Å². The van der Waals surface area contributed by atoms with Gasteiger partial charge < -0.3 is 14.4 Å². The van der Waals surface area contributed by atoms with Crippen LogP contribution in [0.1, 0.15) is 39.2 Å². The number of nitrogens with zero attached hydrogens (tertiary/aromatic N) is 1. The SMILES string of the molecule is CCc1oc(C(=O)N(C)c2cccc(C)c2)cc1C(=O)O. The molecule has 0 atom stereocenters. The first-order valence-corrected chi connectivity index (χ1v) is 6.64. The van der Waals surface area contributed by atoms with Crippen molar-refractivity contribution in [3.05, 3.63) is 53.0 Å². The number of carbonyl (C=O) groups excluding carboxylic acids is 1. The largest absolute Gasteiger partial charge is 0.478 e. The number of carboxylic acids is 1.